The first-order valence-electron chi connectivity index (χ1n) is 7.89. The molecule has 3 aromatic carbocycles. The predicted octanol–water partition coefficient (Wildman–Crippen LogP) is 3.92. The lowest BCUT2D eigenvalue weighted by Crippen LogP contribution is -2.59. The topological polar surface area (TPSA) is 0 Å². The Bertz CT molecular complexity index is 966. The zero-order chi connectivity index (χ0) is 14.9. The first-order valence-corrected chi connectivity index (χ1v) is 10.4. The molecule has 0 amide bonds. The summed E-state index contributed by atoms with van der Waals surface area (Å²) >= 11 is 0. The maximum atomic E-state index is 2.53. The van der Waals surface area contributed by atoms with E-state index in [1.54, 1.807) is 10.4 Å². The largest absolute Gasteiger partial charge is 0.147 e. The van der Waals surface area contributed by atoms with Crippen LogP contribution in [0.3, 0.4) is 0 Å². The van der Waals surface area contributed by atoms with E-state index in [2.05, 4.69) is 80.6 Å². The van der Waals surface area contributed by atoms with Crippen LogP contribution in [0.4, 0.5) is 0 Å². The number of hydrogen-bond acceptors (Lipinski definition) is 0. The highest BCUT2D eigenvalue weighted by molar-refractivity contribution is 7.16. The first-order chi connectivity index (χ1) is 10.7. The molecule has 0 nitrogen and oxygen atoms in total. The van der Waals surface area contributed by atoms with Gasteiger partial charge < -0.3 is 0 Å². The van der Waals surface area contributed by atoms with E-state index in [4.69, 9.17) is 0 Å². The SMILES string of the molecule is CC1=C2c3c(cc(c4ccccc34)[Si]2(C)c2ccccc2)[CH]1. The van der Waals surface area contributed by atoms with Gasteiger partial charge in [0.2, 0.25) is 0 Å². The van der Waals surface area contributed by atoms with Gasteiger partial charge in [-0.3, -0.25) is 0 Å². The molecule has 3 aliphatic rings. The predicted molar refractivity (Wildman–Crippen MR) is 97.3 cm³/mol. The molecule has 0 saturated heterocycles. The molecule has 0 N–H and O–H groups in total. The summed E-state index contributed by atoms with van der Waals surface area (Å²) in [6.45, 7) is 4.82. The monoisotopic (exact) mass is 297 g/mol. The summed E-state index contributed by atoms with van der Waals surface area (Å²) in [5, 5.41) is 7.66. The summed E-state index contributed by atoms with van der Waals surface area (Å²) in [7, 11) is -1.84. The van der Waals surface area contributed by atoms with Crippen molar-refractivity contribution in [3.8, 4) is 0 Å². The van der Waals surface area contributed by atoms with Crippen LogP contribution in [0.5, 0.6) is 0 Å². The van der Waals surface area contributed by atoms with E-state index in [0.29, 0.717) is 0 Å². The van der Waals surface area contributed by atoms with Gasteiger partial charge in [0.05, 0.1) is 0 Å². The van der Waals surface area contributed by atoms with Crippen LogP contribution in [-0.2, 0) is 0 Å². The summed E-state index contributed by atoms with van der Waals surface area (Å²) in [5.74, 6) is 0. The highest BCUT2D eigenvalue weighted by Gasteiger charge is 2.47. The summed E-state index contributed by atoms with van der Waals surface area (Å²) in [4.78, 5) is 0. The Balaban J connectivity index is 1.99. The number of allylic oxidation sites excluding steroid dienone is 1. The minimum absolute atomic E-state index is 1.43. The zero-order valence-corrected chi connectivity index (χ0v) is 13.9. The van der Waals surface area contributed by atoms with Gasteiger partial charge in [-0.25, -0.2) is 0 Å². The minimum atomic E-state index is -1.84. The molecule has 22 heavy (non-hydrogen) atoms. The van der Waals surface area contributed by atoms with Crippen LogP contribution in [-0.4, -0.2) is 8.07 Å². The fourth-order valence-corrected chi connectivity index (χ4v) is 9.13. The number of rotatable bonds is 1. The maximum absolute atomic E-state index is 2.53. The lowest BCUT2D eigenvalue weighted by atomic mass is 10.00. The van der Waals surface area contributed by atoms with Gasteiger partial charge >= 0.3 is 0 Å². The van der Waals surface area contributed by atoms with Gasteiger partial charge in [-0.15, -0.1) is 0 Å². The number of benzene rings is 3. The van der Waals surface area contributed by atoms with Gasteiger partial charge in [-0.05, 0) is 44.4 Å². The summed E-state index contributed by atoms with van der Waals surface area (Å²) in [6.07, 6.45) is 2.39. The molecule has 4 bridgehead atoms. The van der Waals surface area contributed by atoms with E-state index in [1.165, 1.54) is 32.7 Å². The van der Waals surface area contributed by atoms with Gasteiger partial charge in [0.15, 0.2) is 0 Å². The van der Waals surface area contributed by atoms with Crippen molar-refractivity contribution in [1.82, 2.24) is 0 Å². The lowest BCUT2D eigenvalue weighted by molar-refractivity contribution is 1.46. The van der Waals surface area contributed by atoms with Crippen LogP contribution in [0.1, 0.15) is 18.1 Å². The number of hydrogen-bond donors (Lipinski definition) is 0. The molecule has 0 aromatic heterocycles. The fraction of sp³-hybridized carbons (Fsp3) is 0.0952. The van der Waals surface area contributed by atoms with Crippen molar-refractivity contribution >= 4 is 34.4 Å². The minimum Gasteiger partial charge on any atom is -0.0642 e. The van der Waals surface area contributed by atoms with Gasteiger partial charge in [-0.2, -0.15) is 0 Å². The van der Waals surface area contributed by atoms with E-state index in [-0.39, 0.29) is 0 Å². The molecule has 0 spiro atoms. The molecule has 1 atom stereocenters. The zero-order valence-electron chi connectivity index (χ0n) is 12.9. The van der Waals surface area contributed by atoms with E-state index < -0.39 is 8.07 Å². The van der Waals surface area contributed by atoms with Crippen molar-refractivity contribution in [2.45, 2.75) is 13.5 Å². The average molecular weight is 297 g/mol. The molecule has 1 aliphatic carbocycles. The molecule has 0 saturated carbocycles. The molecule has 6 rings (SSSR count). The quantitative estimate of drug-likeness (QED) is 0.597. The van der Waals surface area contributed by atoms with Gasteiger partial charge in [0.25, 0.3) is 0 Å². The van der Waals surface area contributed by atoms with Crippen molar-refractivity contribution in [3.63, 3.8) is 0 Å². The van der Waals surface area contributed by atoms with Gasteiger partial charge in [-0.1, -0.05) is 72.8 Å². The second-order valence-electron chi connectivity index (χ2n) is 6.63. The third kappa shape index (κ3) is 1.29. The second kappa shape index (κ2) is 3.99. The van der Waals surface area contributed by atoms with Crippen LogP contribution < -0.4 is 10.4 Å². The van der Waals surface area contributed by atoms with Crippen molar-refractivity contribution < 1.29 is 0 Å². The lowest BCUT2D eigenvalue weighted by Gasteiger charge is -2.38. The molecule has 1 heteroatoms. The van der Waals surface area contributed by atoms with Crippen molar-refractivity contribution in [2.75, 3.05) is 0 Å². The van der Waals surface area contributed by atoms with E-state index in [1.807, 2.05) is 0 Å². The maximum Gasteiger partial charge on any atom is 0.147 e. The Morgan fingerprint density at radius 2 is 1.50 bits per heavy atom. The second-order valence-corrected chi connectivity index (χ2v) is 10.5. The summed E-state index contributed by atoms with van der Waals surface area (Å²) < 4.78 is 0. The first kappa shape index (κ1) is 12.4. The van der Waals surface area contributed by atoms with Crippen molar-refractivity contribution in [2.24, 2.45) is 0 Å². The molecule has 0 fully saturated rings. The highest BCUT2D eigenvalue weighted by atomic mass is 28.3. The smallest absolute Gasteiger partial charge is 0.0642 e. The Kier molecular flexibility index (Phi) is 2.25. The molecule has 3 aromatic rings. The molecule has 1 radical (unpaired) electrons. The fourth-order valence-electron chi connectivity index (χ4n) is 4.56. The normalized spacial score (nSPS) is 21.9. The van der Waals surface area contributed by atoms with Gasteiger partial charge in [0, 0.05) is 6.42 Å². The Labute approximate surface area is 132 Å². The van der Waals surface area contributed by atoms with E-state index >= 15 is 0 Å². The average Bonchev–Trinajstić information content (AvgIpc) is 2.86. The summed E-state index contributed by atoms with van der Waals surface area (Å²) in [6, 6.07) is 22.6. The molecule has 2 heterocycles. The Hall–Kier alpha value is -2.12. The van der Waals surface area contributed by atoms with Gasteiger partial charge in [0.1, 0.15) is 8.07 Å². The van der Waals surface area contributed by atoms with Crippen molar-refractivity contribution in [1.29, 1.82) is 0 Å². The molecular formula is C21H17Si. The van der Waals surface area contributed by atoms with E-state index in [0.717, 1.165) is 0 Å². The highest BCUT2D eigenvalue weighted by Crippen LogP contribution is 2.47. The molecule has 1 unspecified atom stereocenters. The molecule has 2 aliphatic heterocycles. The third-order valence-corrected chi connectivity index (χ3v) is 10.1. The Morgan fingerprint density at radius 3 is 2.27 bits per heavy atom. The summed E-state index contributed by atoms with van der Waals surface area (Å²) in [5.41, 5.74) is 4.42. The van der Waals surface area contributed by atoms with Crippen molar-refractivity contribution in [3.05, 3.63) is 83.8 Å². The van der Waals surface area contributed by atoms with Crippen LogP contribution in [0.2, 0.25) is 6.55 Å². The van der Waals surface area contributed by atoms with Crippen LogP contribution in [0, 0.1) is 6.42 Å². The molecular weight excluding hydrogens is 280 g/mol. The Morgan fingerprint density at radius 1 is 0.818 bits per heavy atom. The third-order valence-electron chi connectivity index (χ3n) is 5.48. The van der Waals surface area contributed by atoms with Crippen LogP contribution in [0.25, 0.3) is 16.0 Å². The molecule has 105 valence electrons. The van der Waals surface area contributed by atoms with Crippen LogP contribution in [0.15, 0.2) is 66.2 Å². The standard InChI is InChI=1S/C21H17Si/c1-14-12-15-13-19-17-10-6-7-11-18(17)20(15)21(14)22(19,2)16-8-4-3-5-9-16/h3-13H,1-2H3. The van der Waals surface area contributed by atoms with Crippen LogP contribution >= 0.6 is 0 Å². The van der Waals surface area contributed by atoms with E-state index in [9.17, 15) is 0 Å².